The summed E-state index contributed by atoms with van der Waals surface area (Å²) in [5.41, 5.74) is 10.5. The zero-order chi connectivity index (χ0) is 12.3. The van der Waals surface area contributed by atoms with E-state index in [0.29, 0.717) is 17.1 Å². The first kappa shape index (κ1) is 11.6. The number of pyridine rings is 1. The lowest BCUT2D eigenvalue weighted by Gasteiger charge is -1.98. The van der Waals surface area contributed by atoms with E-state index in [1.807, 2.05) is 12.1 Å². The fourth-order valence-electron chi connectivity index (χ4n) is 1.39. The van der Waals surface area contributed by atoms with Crippen molar-refractivity contribution in [3.05, 3.63) is 44.5 Å². The Bertz CT molecular complexity index is 571. The van der Waals surface area contributed by atoms with Crippen LogP contribution in [-0.4, -0.2) is 10.1 Å². The Hall–Kier alpha value is -1.85. The number of hydrogen-bond donors (Lipinski definition) is 0. The first-order chi connectivity index (χ1) is 8.22. The molecule has 0 radical (unpaired) electrons. The van der Waals surface area contributed by atoms with Crippen LogP contribution in [0.2, 0.25) is 0 Å². The highest BCUT2D eigenvalue weighted by Crippen LogP contribution is 2.26. The molecule has 17 heavy (non-hydrogen) atoms. The van der Waals surface area contributed by atoms with E-state index in [0.717, 1.165) is 10.0 Å². The van der Waals surface area contributed by atoms with Gasteiger partial charge < -0.3 is 4.52 Å². The van der Waals surface area contributed by atoms with Gasteiger partial charge in [0.05, 0.1) is 12.2 Å². The lowest BCUT2D eigenvalue weighted by molar-refractivity contribution is 0.425. The van der Waals surface area contributed by atoms with Crippen molar-refractivity contribution in [2.24, 2.45) is 5.11 Å². The minimum absolute atomic E-state index is 0.207. The molecule has 0 unspecified atom stereocenters. The fraction of sp³-hybridized carbons (Fsp3) is 0.200. The van der Waals surface area contributed by atoms with E-state index in [-0.39, 0.29) is 6.54 Å². The van der Waals surface area contributed by atoms with Gasteiger partial charge in [-0.25, -0.2) is 0 Å². The molecule has 2 rings (SSSR count). The average molecular weight is 294 g/mol. The van der Waals surface area contributed by atoms with E-state index < -0.39 is 0 Å². The normalized spacial score (nSPS) is 10.0. The van der Waals surface area contributed by atoms with E-state index >= 15 is 0 Å². The maximum absolute atomic E-state index is 8.34. The molecular formula is C10H8BrN5O. The largest absolute Gasteiger partial charge is 0.354 e. The highest BCUT2D eigenvalue weighted by molar-refractivity contribution is 9.10. The summed E-state index contributed by atoms with van der Waals surface area (Å²) in [4.78, 5) is 6.94. The van der Waals surface area contributed by atoms with Crippen LogP contribution in [0.3, 0.4) is 0 Å². The van der Waals surface area contributed by atoms with Gasteiger partial charge in [-0.2, -0.15) is 0 Å². The number of azide groups is 1. The average Bonchev–Trinajstić information content (AvgIpc) is 2.69. The van der Waals surface area contributed by atoms with Crippen LogP contribution in [0.25, 0.3) is 21.9 Å². The van der Waals surface area contributed by atoms with Gasteiger partial charge in [0.25, 0.3) is 0 Å². The lowest BCUT2D eigenvalue weighted by Crippen LogP contribution is -1.88. The van der Waals surface area contributed by atoms with Gasteiger partial charge in [0, 0.05) is 21.1 Å². The maximum Gasteiger partial charge on any atom is 0.188 e. The van der Waals surface area contributed by atoms with Crippen molar-refractivity contribution < 1.29 is 4.52 Å². The molecule has 86 valence electrons. The van der Waals surface area contributed by atoms with E-state index in [2.05, 4.69) is 36.1 Å². The van der Waals surface area contributed by atoms with Gasteiger partial charge in [-0.1, -0.05) is 10.3 Å². The summed E-state index contributed by atoms with van der Waals surface area (Å²) in [5, 5.41) is 7.38. The summed E-state index contributed by atoms with van der Waals surface area (Å²) >= 11 is 3.31. The predicted molar refractivity (Wildman–Crippen MR) is 65.0 cm³/mol. The van der Waals surface area contributed by atoms with Crippen molar-refractivity contribution in [1.82, 2.24) is 10.1 Å². The molecule has 0 aromatic carbocycles. The molecule has 2 aromatic rings. The third-order valence-corrected chi connectivity index (χ3v) is 2.71. The quantitative estimate of drug-likeness (QED) is 0.492. The Balaban J connectivity index is 2.44. The van der Waals surface area contributed by atoms with Gasteiger partial charge in [0.15, 0.2) is 5.76 Å². The summed E-state index contributed by atoms with van der Waals surface area (Å²) in [7, 11) is 0. The molecule has 0 spiro atoms. The molecule has 6 nitrogen and oxygen atoms in total. The van der Waals surface area contributed by atoms with Crippen molar-refractivity contribution in [2.45, 2.75) is 13.5 Å². The Morgan fingerprint density at radius 1 is 1.53 bits per heavy atom. The molecule has 0 N–H and O–H groups in total. The van der Waals surface area contributed by atoms with Crippen LogP contribution in [-0.2, 0) is 6.54 Å². The predicted octanol–water partition coefficient (Wildman–Crippen LogP) is 3.62. The molecule has 7 heteroatoms. The van der Waals surface area contributed by atoms with Gasteiger partial charge in [-0.3, -0.25) is 4.98 Å². The molecule has 0 fully saturated rings. The summed E-state index contributed by atoms with van der Waals surface area (Å²) in [5.74, 6) is 0.544. The van der Waals surface area contributed by atoms with E-state index in [1.54, 1.807) is 13.1 Å². The minimum atomic E-state index is 0.207. The maximum atomic E-state index is 8.34. The molecule has 0 aliphatic heterocycles. The summed E-state index contributed by atoms with van der Waals surface area (Å²) < 4.78 is 6.09. The number of aromatic nitrogens is 2. The van der Waals surface area contributed by atoms with Gasteiger partial charge in [-0.05, 0) is 40.5 Å². The SMILES string of the molecule is Cc1noc(-c2ccc(Br)cn2)c1CN=[N+]=[N-]. The molecule has 0 aliphatic carbocycles. The van der Waals surface area contributed by atoms with Gasteiger partial charge in [0.1, 0.15) is 5.69 Å². The molecule has 0 saturated heterocycles. The van der Waals surface area contributed by atoms with Crippen LogP contribution in [0, 0.1) is 6.92 Å². The van der Waals surface area contributed by atoms with Crippen molar-refractivity contribution >= 4 is 15.9 Å². The first-order valence-corrected chi connectivity index (χ1v) is 5.59. The Morgan fingerprint density at radius 3 is 3.00 bits per heavy atom. The molecule has 0 aliphatic rings. The van der Waals surface area contributed by atoms with Crippen LogP contribution in [0.4, 0.5) is 0 Å². The standard InChI is InChI=1S/C10H8BrN5O/c1-6-8(5-14-16-12)10(17-15-6)9-3-2-7(11)4-13-9/h2-4H,5H2,1H3. The van der Waals surface area contributed by atoms with E-state index in [1.165, 1.54) is 0 Å². The van der Waals surface area contributed by atoms with Gasteiger partial charge in [0.2, 0.25) is 0 Å². The van der Waals surface area contributed by atoms with Gasteiger partial charge in [-0.15, -0.1) is 0 Å². The minimum Gasteiger partial charge on any atom is -0.354 e. The van der Waals surface area contributed by atoms with Crippen molar-refractivity contribution in [1.29, 1.82) is 0 Å². The molecule has 2 heterocycles. The molecule has 0 bridgehead atoms. The fourth-order valence-corrected chi connectivity index (χ4v) is 1.62. The molecule has 0 saturated carbocycles. The second kappa shape index (κ2) is 4.99. The topological polar surface area (TPSA) is 87.7 Å². The van der Waals surface area contributed by atoms with Crippen molar-refractivity contribution in [3.8, 4) is 11.5 Å². The number of aryl methyl sites for hydroxylation is 1. The molecule has 0 amide bonds. The molecule has 2 aromatic heterocycles. The van der Waals surface area contributed by atoms with E-state index in [9.17, 15) is 0 Å². The van der Waals surface area contributed by atoms with Gasteiger partial charge >= 0.3 is 0 Å². The highest BCUT2D eigenvalue weighted by Gasteiger charge is 2.14. The second-order valence-electron chi connectivity index (χ2n) is 3.33. The summed E-state index contributed by atoms with van der Waals surface area (Å²) in [6.07, 6.45) is 1.67. The van der Waals surface area contributed by atoms with Crippen LogP contribution in [0.5, 0.6) is 0 Å². The summed E-state index contributed by atoms with van der Waals surface area (Å²) in [6, 6.07) is 3.67. The monoisotopic (exact) mass is 293 g/mol. The Labute approximate surface area is 105 Å². The number of rotatable bonds is 3. The smallest absolute Gasteiger partial charge is 0.188 e. The summed E-state index contributed by atoms with van der Waals surface area (Å²) in [6.45, 7) is 2.01. The Kier molecular flexibility index (Phi) is 3.41. The zero-order valence-electron chi connectivity index (χ0n) is 8.96. The number of halogens is 1. The third-order valence-electron chi connectivity index (χ3n) is 2.24. The molecule has 0 atom stereocenters. The van der Waals surface area contributed by atoms with Crippen molar-refractivity contribution in [2.75, 3.05) is 0 Å². The lowest BCUT2D eigenvalue weighted by atomic mass is 10.1. The second-order valence-corrected chi connectivity index (χ2v) is 4.24. The highest BCUT2D eigenvalue weighted by atomic mass is 79.9. The van der Waals surface area contributed by atoms with Crippen LogP contribution in [0.1, 0.15) is 11.3 Å². The number of hydrogen-bond acceptors (Lipinski definition) is 4. The van der Waals surface area contributed by atoms with E-state index in [4.69, 9.17) is 10.1 Å². The Morgan fingerprint density at radius 2 is 2.35 bits per heavy atom. The number of nitrogens with zero attached hydrogens (tertiary/aromatic N) is 5. The van der Waals surface area contributed by atoms with Crippen LogP contribution in [0.15, 0.2) is 32.4 Å². The first-order valence-electron chi connectivity index (χ1n) is 4.80. The zero-order valence-corrected chi connectivity index (χ0v) is 10.5. The van der Waals surface area contributed by atoms with Crippen molar-refractivity contribution in [3.63, 3.8) is 0 Å². The third kappa shape index (κ3) is 2.46. The molecular weight excluding hydrogens is 286 g/mol. The van der Waals surface area contributed by atoms with Crippen LogP contribution < -0.4 is 0 Å². The van der Waals surface area contributed by atoms with Crippen LogP contribution >= 0.6 is 15.9 Å².